The normalized spacial score (nSPS) is 17.7. The first-order chi connectivity index (χ1) is 13.5. The molecule has 1 saturated heterocycles. The molecule has 0 aliphatic carbocycles. The summed E-state index contributed by atoms with van der Waals surface area (Å²) in [5.41, 5.74) is -0.313. The summed E-state index contributed by atoms with van der Waals surface area (Å²) in [5, 5.41) is 0. The molecule has 2 aromatic rings. The number of sulfonamides is 1. The largest absolute Gasteiger partial charge is 0.416 e. The van der Waals surface area contributed by atoms with Crippen molar-refractivity contribution in [1.82, 2.24) is 9.62 Å². The predicted octanol–water partition coefficient (Wildman–Crippen LogP) is 3.17. The van der Waals surface area contributed by atoms with Crippen molar-refractivity contribution in [1.29, 1.82) is 0 Å². The first-order valence-corrected chi connectivity index (χ1v) is 10.2. The van der Waals surface area contributed by atoms with E-state index in [4.69, 9.17) is 0 Å². The topological polar surface area (TPSA) is 66.5 Å². The number of nitrogens with one attached hydrogen (secondary N) is 1. The summed E-state index contributed by atoms with van der Waals surface area (Å²) in [6.45, 7) is 0.488. The average molecular weight is 430 g/mol. The van der Waals surface area contributed by atoms with Crippen molar-refractivity contribution in [2.24, 2.45) is 5.92 Å². The second-order valence-electron chi connectivity index (χ2n) is 6.85. The van der Waals surface area contributed by atoms with E-state index in [2.05, 4.69) is 4.72 Å². The van der Waals surface area contributed by atoms with Gasteiger partial charge in [-0.15, -0.1) is 0 Å². The highest BCUT2D eigenvalue weighted by Gasteiger charge is 2.33. The lowest BCUT2D eigenvalue weighted by Gasteiger charge is -2.17. The molecule has 1 aliphatic rings. The van der Waals surface area contributed by atoms with Crippen LogP contribution in [-0.4, -0.2) is 32.3 Å². The van der Waals surface area contributed by atoms with Crippen LogP contribution in [0.3, 0.4) is 0 Å². The van der Waals surface area contributed by atoms with Gasteiger partial charge in [-0.25, -0.2) is 17.5 Å². The molecule has 156 valence electrons. The maximum atomic E-state index is 13.0. The molecule has 0 unspecified atom stereocenters. The second kappa shape index (κ2) is 8.11. The van der Waals surface area contributed by atoms with Gasteiger partial charge < -0.3 is 4.90 Å². The smallest absolute Gasteiger partial charge is 0.338 e. The Kier molecular flexibility index (Phi) is 5.95. The summed E-state index contributed by atoms with van der Waals surface area (Å²) in [5.74, 6) is -0.871. The van der Waals surface area contributed by atoms with Crippen LogP contribution < -0.4 is 4.72 Å². The highest BCUT2D eigenvalue weighted by atomic mass is 32.2. The minimum absolute atomic E-state index is 0.0791. The van der Waals surface area contributed by atoms with E-state index in [1.165, 1.54) is 17.0 Å². The lowest BCUT2D eigenvalue weighted by atomic mass is 10.1. The Morgan fingerprint density at radius 3 is 2.45 bits per heavy atom. The van der Waals surface area contributed by atoms with Crippen molar-refractivity contribution < 1.29 is 30.8 Å². The molecule has 1 N–H and O–H groups in total. The zero-order valence-corrected chi connectivity index (χ0v) is 15.9. The van der Waals surface area contributed by atoms with Gasteiger partial charge in [0.2, 0.25) is 15.9 Å². The van der Waals surface area contributed by atoms with Gasteiger partial charge in [0, 0.05) is 26.1 Å². The molecule has 0 bridgehead atoms. The fraction of sp³-hybridized carbons (Fsp3) is 0.316. The molecule has 2 aromatic carbocycles. The molecule has 5 nitrogen and oxygen atoms in total. The summed E-state index contributed by atoms with van der Waals surface area (Å²) < 4.78 is 78.3. The van der Waals surface area contributed by atoms with Gasteiger partial charge in [-0.3, -0.25) is 4.79 Å². The molecular weight excluding hydrogens is 412 g/mol. The number of likely N-dealkylation sites (tertiary alicyclic amines) is 1. The van der Waals surface area contributed by atoms with Crippen LogP contribution in [-0.2, 0) is 27.5 Å². The molecule has 1 aliphatic heterocycles. The number of nitrogens with zero attached hydrogens (tertiary/aromatic N) is 1. The Labute approximate surface area is 165 Å². The van der Waals surface area contributed by atoms with E-state index in [1.54, 1.807) is 12.1 Å². The van der Waals surface area contributed by atoms with Crippen LogP contribution in [0.25, 0.3) is 0 Å². The van der Waals surface area contributed by atoms with Crippen LogP contribution in [0.1, 0.15) is 17.5 Å². The Morgan fingerprint density at radius 1 is 1.10 bits per heavy atom. The van der Waals surface area contributed by atoms with Crippen molar-refractivity contribution in [2.75, 3.05) is 13.1 Å². The molecule has 29 heavy (non-hydrogen) atoms. The molecule has 0 saturated carbocycles. The quantitative estimate of drug-likeness (QED) is 0.716. The number of rotatable bonds is 6. The van der Waals surface area contributed by atoms with Gasteiger partial charge in [0.15, 0.2) is 0 Å². The Balaban J connectivity index is 1.61. The number of benzene rings is 2. The second-order valence-corrected chi connectivity index (χ2v) is 8.62. The molecule has 0 spiro atoms. The van der Waals surface area contributed by atoms with Crippen LogP contribution in [0.2, 0.25) is 0 Å². The van der Waals surface area contributed by atoms with E-state index in [1.807, 2.05) is 0 Å². The fourth-order valence-electron chi connectivity index (χ4n) is 3.10. The number of halogens is 4. The van der Waals surface area contributed by atoms with Gasteiger partial charge in [0.1, 0.15) is 5.82 Å². The van der Waals surface area contributed by atoms with E-state index in [9.17, 15) is 30.8 Å². The molecule has 0 aromatic heterocycles. The van der Waals surface area contributed by atoms with Crippen LogP contribution >= 0.6 is 0 Å². The number of amides is 1. The number of carbonyl (C=O) groups is 1. The van der Waals surface area contributed by atoms with Crippen LogP contribution in [0.4, 0.5) is 17.6 Å². The standard InChI is InChI=1S/C19H18F4N2O3S/c20-16-6-4-13(5-7-16)11-25-12-14(8-18(25)26)10-24-29(27,28)17-3-1-2-15(9-17)19(21,22)23/h1-7,9,14,24H,8,10-12H2/t14-/m1/s1. The number of carbonyl (C=O) groups excluding carboxylic acids is 1. The summed E-state index contributed by atoms with van der Waals surface area (Å²) >= 11 is 0. The van der Waals surface area contributed by atoms with Gasteiger partial charge in [0.05, 0.1) is 10.5 Å². The minimum Gasteiger partial charge on any atom is -0.338 e. The van der Waals surface area contributed by atoms with Crippen molar-refractivity contribution in [3.63, 3.8) is 0 Å². The summed E-state index contributed by atoms with van der Waals surface area (Å²) in [6.07, 6.45) is -4.53. The number of hydrogen-bond acceptors (Lipinski definition) is 3. The monoisotopic (exact) mass is 430 g/mol. The first-order valence-electron chi connectivity index (χ1n) is 8.74. The SMILES string of the molecule is O=C1C[C@H](CNS(=O)(=O)c2cccc(C(F)(F)F)c2)CN1Cc1ccc(F)cc1. The maximum Gasteiger partial charge on any atom is 0.416 e. The molecule has 1 atom stereocenters. The third-order valence-electron chi connectivity index (χ3n) is 4.61. The Bertz CT molecular complexity index is 991. The van der Waals surface area contributed by atoms with Crippen LogP contribution in [0.5, 0.6) is 0 Å². The molecule has 3 rings (SSSR count). The molecule has 10 heteroatoms. The molecule has 1 heterocycles. The molecule has 1 amide bonds. The number of hydrogen-bond donors (Lipinski definition) is 1. The summed E-state index contributed by atoms with van der Waals surface area (Å²) in [7, 11) is -4.15. The molecular formula is C19H18F4N2O3S. The highest BCUT2D eigenvalue weighted by Crippen LogP contribution is 2.30. The van der Waals surface area contributed by atoms with Gasteiger partial charge in [-0.05, 0) is 41.8 Å². The summed E-state index contributed by atoms with van der Waals surface area (Å²) in [6, 6.07) is 9.18. The maximum absolute atomic E-state index is 13.0. The van der Waals surface area contributed by atoms with E-state index in [-0.39, 0.29) is 37.2 Å². The van der Waals surface area contributed by atoms with E-state index in [0.717, 1.165) is 23.8 Å². The zero-order valence-electron chi connectivity index (χ0n) is 15.1. The third-order valence-corrected chi connectivity index (χ3v) is 6.04. The van der Waals surface area contributed by atoms with Crippen molar-refractivity contribution in [3.8, 4) is 0 Å². The fourth-order valence-corrected chi connectivity index (χ4v) is 4.27. The Morgan fingerprint density at radius 2 is 1.79 bits per heavy atom. The lowest BCUT2D eigenvalue weighted by Crippen LogP contribution is -2.31. The van der Waals surface area contributed by atoms with Crippen LogP contribution in [0.15, 0.2) is 53.4 Å². The van der Waals surface area contributed by atoms with Crippen molar-refractivity contribution in [3.05, 3.63) is 65.5 Å². The van der Waals surface area contributed by atoms with E-state index in [0.29, 0.717) is 12.6 Å². The lowest BCUT2D eigenvalue weighted by molar-refractivity contribution is -0.137. The van der Waals surface area contributed by atoms with E-state index < -0.39 is 26.7 Å². The Hall–Kier alpha value is -2.46. The van der Waals surface area contributed by atoms with Crippen molar-refractivity contribution in [2.45, 2.75) is 24.0 Å². The average Bonchev–Trinajstić information content (AvgIpc) is 3.01. The molecule has 0 radical (unpaired) electrons. The zero-order chi connectivity index (χ0) is 21.2. The van der Waals surface area contributed by atoms with Gasteiger partial charge in [-0.2, -0.15) is 13.2 Å². The first kappa shape index (κ1) is 21.3. The highest BCUT2D eigenvalue weighted by molar-refractivity contribution is 7.89. The third kappa shape index (κ3) is 5.33. The number of alkyl halides is 3. The van der Waals surface area contributed by atoms with E-state index >= 15 is 0 Å². The van der Waals surface area contributed by atoms with Crippen molar-refractivity contribution >= 4 is 15.9 Å². The van der Waals surface area contributed by atoms with Crippen LogP contribution in [0, 0.1) is 11.7 Å². The van der Waals surface area contributed by atoms with Gasteiger partial charge in [-0.1, -0.05) is 18.2 Å². The van der Waals surface area contributed by atoms with Gasteiger partial charge >= 0.3 is 6.18 Å². The summed E-state index contributed by atoms with van der Waals surface area (Å²) in [4.78, 5) is 13.2. The van der Waals surface area contributed by atoms with Gasteiger partial charge in [0.25, 0.3) is 0 Å². The minimum atomic E-state index is -4.65. The predicted molar refractivity (Wildman–Crippen MR) is 96.6 cm³/mol. The molecule has 1 fully saturated rings.